The molecule has 7 N–H and O–H groups in total. The van der Waals surface area contributed by atoms with Gasteiger partial charge in [-0.25, -0.2) is 19.6 Å². The first-order valence-electron chi connectivity index (χ1n) is 28.6. The molecule has 1 aliphatic heterocycles. The lowest BCUT2D eigenvalue weighted by molar-refractivity contribution is -0.212. The van der Waals surface area contributed by atoms with Crippen LogP contribution in [-0.2, 0) is 70.1 Å². The Morgan fingerprint density at radius 3 is 2.27 bits per heavy atom. The minimum atomic E-state index is -2.68. The number of aliphatic hydroxyl groups is 2. The van der Waals surface area contributed by atoms with E-state index in [0.717, 1.165) is 38.2 Å². The Hall–Kier alpha value is -6.70. The largest absolute Gasteiger partial charge is 0.481 e. The van der Waals surface area contributed by atoms with Gasteiger partial charge in [0.15, 0.2) is 46.5 Å². The number of Topliss-reactive ketones (excluding diaryl/α,β-unsaturated/α-hetero) is 1. The molecule has 1 saturated heterocycles. The zero-order valence-electron chi connectivity index (χ0n) is 48.7. The molecule has 0 spiro atoms. The molecule has 1 aromatic carbocycles. The summed E-state index contributed by atoms with van der Waals surface area (Å²) in [7, 11) is 2.78. The smallest absolute Gasteiger partial charge is 0.341 e. The van der Waals surface area contributed by atoms with Crippen molar-refractivity contribution < 1.29 is 77.4 Å². The molecule has 23 nitrogen and oxygen atoms in total. The van der Waals surface area contributed by atoms with E-state index in [1.165, 1.54) is 47.7 Å². The van der Waals surface area contributed by atoms with Gasteiger partial charge in [-0.3, -0.25) is 38.5 Å². The second-order valence-corrected chi connectivity index (χ2v) is 24.6. The van der Waals surface area contributed by atoms with Crippen molar-refractivity contribution in [1.29, 1.82) is 0 Å². The molecule has 3 aliphatic rings. The number of carbonyl (C=O) groups excluding carboxylic acids is 7. The number of ketones is 1. The van der Waals surface area contributed by atoms with Crippen LogP contribution in [0.5, 0.6) is 0 Å². The number of amides is 1. The summed E-state index contributed by atoms with van der Waals surface area (Å²) in [6.07, 6.45) is 1.60. The van der Waals surface area contributed by atoms with Gasteiger partial charge in [0, 0.05) is 61.3 Å². The maximum atomic E-state index is 14.1. The first-order valence-corrected chi connectivity index (χ1v) is 31.1. The van der Waals surface area contributed by atoms with Gasteiger partial charge >= 0.3 is 35.8 Å². The number of benzene rings is 1. The number of nitrogens with one attached hydrogen (secondary N) is 2. The Morgan fingerprint density at radius 2 is 1.58 bits per heavy atom. The number of fused-ring (bicyclic) bond motifs is 4. The maximum Gasteiger partial charge on any atom is 0.341 e. The number of anilines is 1. The molecule has 6 rings (SSSR count). The first kappa shape index (κ1) is 66.4. The maximum absolute atomic E-state index is 14.1. The van der Waals surface area contributed by atoms with Crippen LogP contribution in [0.15, 0.2) is 58.1 Å². The van der Waals surface area contributed by atoms with Gasteiger partial charge in [0.1, 0.15) is 11.7 Å². The minimum absolute atomic E-state index is 0.00822. The average molecular weight is 1210 g/mol. The number of nitrogen functional groups attached to an aromatic ring is 1. The normalized spacial score (nSPS) is 24.1. The van der Waals surface area contributed by atoms with Gasteiger partial charge in [0.2, 0.25) is 11.9 Å². The standard InChI is InChI=1S/C59H78N6O17S2/c1-8-11-12-13-14-17-43(69)79-49-46-45(34(5)48(49)80-54(74)33(4)10-3)50-59(77,58(7,76)55(75)81-50)40(78-42(68)16-9-2)31-57(46,6)82-44(70)26-29-84-83-28-15-27-61-41(67)25-23-37(53(72)73)30-39(66)36-21-18-35(19-22-36)20-24-38-32-62-51-47(63-38)52(71)65-56(60)64-51/h10,18-19,21-22,32,37,40,46,48-50,76-77H,8-9,11-17,20,23-31H2,1-7H3,(H,61,67)(H,72,73)(H3,60,62,64,65,71)/b33-10-/t37-,40+,46?,48+,49+,50+,57+,58+,59-/m1/s1. The van der Waals surface area contributed by atoms with Gasteiger partial charge in [0.05, 0.1) is 30.1 Å². The number of ether oxygens (including phenoxy) is 5. The number of unbranched alkanes of at least 4 members (excludes halogenated alkanes) is 4. The van der Waals surface area contributed by atoms with Crippen LogP contribution < -0.4 is 16.6 Å². The molecule has 458 valence electrons. The highest BCUT2D eigenvalue weighted by Gasteiger charge is 2.76. The van der Waals surface area contributed by atoms with Crippen LogP contribution in [0.3, 0.4) is 0 Å². The number of H-pyrrole nitrogens is 1. The molecular weight excluding hydrogens is 1130 g/mol. The van der Waals surface area contributed by atoms with Crippen LogP contribution in [0.2, 0.25) is 0 Å². The van der Waals surface area contributed by atoms with E-state index in [1.807, 2.05) is 0 Å². The summed E-state index contributed by atoms with van der Waals surface area (Å²) in [5.74, 6) is -7.70. The molecule has 0 bridgehead atoms. The van der Waals surface area contributed by atoms with Crippen LogP contribution >= 0.6 is 21.6 Å². The number of aromatic amines is 1. The highest BCUT2D eigenvalue weighted by Crippen LogP contribution is 2.58. The quantitative estimate of drug-likeness (QED) is 0.00779. The molecular formula is C59H78N6O17S2. The zero-order valence-corrected chi connectivity index (χ0v) is 50.3. The Morgan fingerprint density at radius 1 is 0.881 bits per heavy atom. The number of nitrogens with zero attached hydrogens (tertiary/aromatic N) is 3. The van der Waals surface area contributed by atoms with Gasteiger partial charge in [-0.05, 0) is 89.9 Å². The van der Waals surface area contributed by atoms with Crippen molar-refractivity contribution in [2.45, 2.75) is 192 Å². The summed E-state index contributed by atoms with van der Waals surface area (Å²) in [6.45, 7) is 11.4. The van der Waals surface area contributed by atoms with Crippen molar-refractivity contribution in [1.82, 2.24) is 25.3 Å². The fraction of sp³-hybridized carbons (Fsp3) is 0.593. The number of carbonyl (C=O) groups is 8. The third kappa shape index (κ3) is 16.2. The van der Waals surface area contributed by atoms with E-state index in [-0.39, 0.29) is 96.3 Å². The summed E-state index contributed by atoms with van der Waals surface area (Å²) in [5, 5.41) is 37.3. The lowest BCUT2D eigenvalue weighted by atomic mass is 9.75. The highest BCUT2D eigenvalue weighted by molar-refractivity contribution is 8.76. The average Bonchev–Trinajstić information content (AvgIpc) is 1.55. The highest BCUT2D eigenvalue weighted by atomic mass is 33.1. The number of hydrogen-bond donors (Lipinski definition) is 6. The molecule has 0 radical (unpaired) electrons. The summed E-state index contributed by atoms with van der Waals surface area (Å²) in [5.41, 5.74) is 0.376. The predicted molar refractivity (Wildman–Crippen MR) is 311 cm³/mol. The monoisotopic (exact) mass is 1210 g/mol. The Bertz CT molecular complexity index is 3040. The number of allylic oxidation sites excluding steroid dienone is 1. The molecule has 2 aliphatic carbocycles. The topological polar surface area (TPSA) is 353 Å². The van der Waals surface area contributed by atoms with Crippen LogP contribution in [0.1, 0.15) is 160 Å². The van der Waals surface area contributed by atoms with E-state index >= 15 is 0 Å². The lowest BCUT2D eigenvalue weighted by Gasteiger charge is -2.42. The van der Waals surface area contributed by atoms with Gasteiger partial charge < -0.3 is 50.1 Å². The number of aryl methyl sites for hydroxylation is 2. The SMILES string of the molecule is C/C=C(/C)C(=O)O[C@H]1C(C)=C2C([C@@H]1OC(=O)CCCCCCC)[C@@](C)(OC(=O)CCSSCCCNC(=O)CC[C@H](CC(=O)c1ccc(CCc3cnc4nc(N)[nH]c(=O)c4n3)cc1)C(=O)O)C[C@H](OC(=O)CCC)[C@@]1(O)[C@H]2OC(=O)[C@]1(C)O. The molecule has 3 aromatic rings. The van der Waals surface area contributed by atoms with Crippen LogP contribution in [-0.4, -0.2) is 142 Å². The fourth-order valence-electron chi connectivity index (χ4n) is 10.8. The number of carboxylic acids is 1. The first-order chi connectivity index (χ1) is 39.9. The number of esters is 5. The molecule has 1 unspecified atom stereocenters. The number of aromatic nitrogens is 4. The van der Waals surface area contributed by atoms with Crippen molar-refractivity contribution in [2.24, 2.45) is 11.8 Å². The van der Waals surface area contributed by atoms with E-state index in [2.05, 4.69) is 32.2 Å². The van der Waals surface area contributed by atoms with Crippen LogP contribution in [0.4, 0.5) is 5.95 Å². The Kier molecular flexibility index (Phi) is 23.6. The molecule has 84 heavy (non-hydrogen) atoms. The summed E-state index contributed by atoms with van der Waals surface area (Å²) in [4.78, 5) is 133. The number of aliphatic carboxylic acids is 1. The molecule has 2 fully saturated rings. The lowest BCUT2D eigenvalue weighted by Crippen LogP contribution is -2.64. The van der Waals surface area contributed by atoms with Crippen molar-refractivity contribution in [3.05, 3.63) is 80.4 Å². The molecule has 3 heterocycles. The second kappa shape index (κ2) is 29.9. The number of rotatable bonds is 31. The molecule has 1 amide bonds. The van der Waals surface area contributed by atoms with E-state index in [1.54, 1.807) is 45.0 Å². The van der Waals surface area contributed by atoms with Crippen molar-refractivity contribution >= 4 is 86.2 Å². The molecule has 2 aromatic heterocycles. The van der Waals surface area contributed by atoms with E-state index in [4.69, 9.17) is 29.4 Å². The predicted octanol–water partition coefficient (Wildman–Crippen LogP) is 6.33. The molecule has 25 heteroatoms. The number of hydrogen-bond acceptors (Lipinski definition) is 22. The van der Waals surface area contributed by atoms with Crippen LogP contribution in [0.25, 0.3) is 11.2 Å². The minimum Gasteiger partial charge on any atom is -0.481 e. The van der Waals surface area contributed by atoms with Gasteiger partial charge in [0.25, 0.3) is 5.56 Å². The third-order valence-electron chi connectivity index (χ3n) is 15.6. The van der Waals surface area contributed by atoms with E-state index in [9.17, 15) is 58.5 Å². The second-order valence-electron chi connectivity index (χ2n) is 21.9. The van der Waals surface area contributed by atoms with Crippen molar-refractivity contribution in [2.75, 3.05) is 23.8 Å². The van der Waals surface area contributed by atoms with Gasteiger partial charge in [-0.15, -0.1) is 0 Å². The third-order valence-corrected chi connectivity index (χ3v) is 18.1. The van der Waals surface area contributed by atoms with E-state index < -0.39 is 101 Å². The van der Waals surface area contributed by atoms with Crippen molar-refractivity contribution in [3.8, 4) is 0 Å². The molecule has 1 saturated carbocycles. The Balaban J connectivity index is 1.03. The van der Waals surface area contributed by atoms with E-state index in [0.29, 0.717) is 49.1 Å². The summed E-state index contributed by atoms with van der Waals surface area (Å²) < 4.78 is 30.4. The summed E-state index contributed by atoms with van der Waals surface area (Å²) >= 11 is 0. The van der Waals surface area contributed by atoms with Gasteiger partial charge in [-0.1, -0.05) is 91.5 Å². The fourth-order valence-corrected chi connectivity index (χ4v) is 12.8. The molecule has 9 atom stereocenters. The summed E-state index contributed by atoms with van der Waals surface area (Å²) in [6, 6.07) is 6.74. The number of carboxylic acid groups (broad SMARTS) is 1. The van der Waals surface area contributed by atoms with Crippen molar-refractivity contribution in [3.63, 3.8) is 0 Å². The Labute approximate surface area is 495 Å². The van der Waals surface area contributed by atoms with Gasteiger partial charge in [-0.2, -0.15) is 4.98 Å². The van der Waals surface area contributed by atoms with Crippen LogP contribution in [0, 0.1) is 11.8 Å². The zero-order chi connectivity index (χ0) is 61.5. The number of nitrogens with two attached hydrogens (primary N) is 1.